The van der Waals surface area contributed by atoms with Crippen LogP contribution in [0.25, 0.3) is 16.8 Å². The van der Waals surface area contributed by atoms with Crippen LogP contribution in [0.5, 0.6) is 0 Å². The number of nitrogens with zero attached hydrogens (tertiary/aromatic N) is 4. The van der Waals surface area contributed by atoms with Crippen molar-refractivity contribution in [2.24, 2.45) is 7.05 Å². The van der Waals surface area contributed by atoms with Crippen LogP contribution in [0.1, 0.15) is 24.8 Å². The lowest BCUT2D eigenvalue weighted by atomic mass is 10.1. The van der Waals surface area contributed by atoms with Gasteiger partial charge in [-0.05, 0) is 49.1 Å². The van der Waals surface area contributed by atoms with Crippen LogP contribution in [0.2, 0.25) is 0 Å². The van der Waals surface area contributed by atoms with Gasteiger partial charge in [-0.2, -0.15) is 4.31 Å². The number of pyridine rings is 2. The first-order chi connectivity index (χ1) is 12.9. The molecule has 3 aromatic heterocycles. The van der Waals surface area contributed by atoms with Gasteiger partial charge in [-0.15, -0.1) is 0 Å². The Morgan fingerprint density at radius 3 is 2.48 bits per heavy atom. The van der Waals surface area contributed by atoms with E-state index in [2.05, 4.69) is 4.98 Å². The number of fused-ring (bicyclic) bond motifs is 1. The van der Waals surface area contributed by atoms with Gasteiger partial charge >= 0.3 is 0 Å². The van der Waals surface area contributed by atoms with Gasteiger partial charge in [-0.25, -0.2) is 13.4 Å². The summed E-state index contributed by atoms with van der Waals surface area (Å²) in [6, 6.07) is 5.50. The summed E-state index contributed by atoms with van der Waals surface area (Å²) in [5.74, 6) is 0. The van der Waals surface area contributed by atoms with Gasteiger partial charge in [-0.1, -0.05) is 6.42 Å². The van der Waals surface area contributed by atoms with Gasteiger partial charge in [-0.3, -0.25) is 9.20 Å². The van der Waals surface area contributed by atoms with Crippen molar-refractivity contribution >= 4 is 15.7 Å². The molecule has 0 saturated carbocycles. The minimum absolute atomic E-state index is 0.0455. The number of hydrogen-bond acceptors (Lipinski definition) is 4. The molecule has 1 aliphatic rings. The number of hydrogen-bond donors (Lipinski definition) is 0. The Kier molecular flexibility index (Phi) is 4.39. The molecule has 0 amide bonds. The van der Waals surface area contributed by atoms with Crippen molar-refractivity contribution in [3.63, 3.8) is 0 Å². The molecule has 1 fully saturated rings. The van der Waals surface area contributed by atoms with E-state index < -0.39 is 10.0 Å². The Morgan fingerprint density at radius 2 is 1.78 bits per heavy atom. The molecule has 0 spiro atoms. The number of aromatic nitrogens is 3. The minimum Gasteiger partial charge on any atom is -0.318 e. The van der Waals surface area contributed by atoms with E-state index in [4.69, 9.17) is 0 Å². The molecule has 3 aromatic rings. The first kappa shape index (κ1) is 17.9. The van der Waals surface area contributed by atoms with Crippen molar-refractivity contribution in [1.29, 1.82) is 0 Å². The first-order valence-corrected chi connectivity index (χ1v) is 10.5. The molecule has 0 N–H and O–H groups in total. The first-order valence-electron chi connectivity index (χ1n) is 9.03. The Labute approximate surface area is 157 Å². The summed E-state index contributed by atoms with van der Waals surface area (Å²) in [5.41, 5.74) is 2.86. The molecule has 7 nitrogen and oxygen atoms in total. The van der Waals surface area contributed by atoms with Crippen LogP contribution in [-0.4, -0.2) is 39.8 Å². The van der Waals surface area contributed by atoms with Crippen LogP contribution in [0.4, 0.5) is 0 Å². The number of rotatable bonds is 3. The van der Waals surface area contributed by atoms with Gasteiger partial charge in [0.05, 0.1) is 6.20 Å². The topological polar surface area (TPSA) is 76.7 Å². The largest absolute Gasteiger partial charge is 0.318 e. The van der Waals surface area contributed by atoms with Crippen molar-refractivity contribution in [2.45, 2.75) is 31.2 Å². The molecule has 0 bridgehead atoms. The third-order valence-electron chi connectivity index (χ3n) is 5.09. The predicted octanol–water partition coefficient (Wildman–Crippen LogP) is 2.18. The molecular weight excluding hydrogens is 364 g/mol. The number of sulfonamides is 1. The maximum atomic E-state index is 13.1. The van der Waals surface area contributed by atoms with Gasteiger partial charge in [0.1, 0.15) is 5.65 Å². The molecule has 4 rings (SSSR count). The summed E-state index contributed by atoms with van der Waals surface area (Å²) in [7, 11) is -1.88. The summed E-state index contributed by atoms with van der Waals surface area (Å²) in [4.78, 5) is 16.2. The minimum atomic E-state index is -3.59. The fourth-order valence-electron chi connectivity index (χ4n) is 3.59. The molecule has 0 atom stereocenters. The smallest absolute Gasteiger partial charge is 0.260 e. The van der Waals surface area contributed by atoms with E-state index in [9.17, 15) is 13.2 Å². The SMILES string of the molecule is Cc1cc(-c2ccc3ncc(S(=O)(=O)N4CCCCC4)n3c2)cn(C)c1=O. The quantitative estimate of drug-likeness (QED) is 0.691. The van der Waals surface area contributed by atoms with Crippen molar-refractivity contribution in [2.75, 3.05) is 13.1 Å². The van der Waals surface area contributed by atoms with Gasteiger partial charge in [0.2, 0.25) is 0 Å². The normalized spacial score (nSPS) is 16.1. The lowest BCUT2D eigenvalue weighted by Crippen LogP contribution is -2.36. The average molecular weight is 386 g/mol. The summed E-state index contributed by atoms with van der Waals surface area (Å²) in [6.07, 6.45) is 7.80. The van der Waals surface area contributed by atoms with Crippen LogP contribution in [-0.2, 0) is 17.1 Å². The van der Waals surface area contributed by atoms with E-state index >= 15 is 0 Å². The van der Waals surface area contributed by atoms with E-state index in [0.717, 1.165) is 30.4 Å². The molecular formula is C19H22N4O3S. The number of piperidine rings is 1. The molecule has 0 unspecified atom stereocenters. The van der Waals surface area contributed by atoms with Crippen LogP contribution < -0.4 is 5.56 Å². The lowest BCUT2D eigenvalue weighted by Gasteiger charge is -2.25. The molecule has 0 radical (unpaired) electrons. The molecule has 1 saturated heterocycles. The highest BCUT2D eigenvalue weighted by molar-refractivity contribution is 7.89. The Balaban J connectivity index is 1.83. The highest BCUT2D eigenvalue weighted by Gasteiger charge is 2.29. The lowest BCUT2D eigenvalue weighted by molar-refractivity contribution is 0.345. The highest BCUT2D eigenvalue weighted by atomic mass is 32.2. The summed E-state index contributed by atoms with van der Waals surface area (Å²) in [6.45, 7) is 2.87. The van der Waals surface area contributed by atoms with Crippen LogP contribution in [0, 0.1) is 6.92 Å². The van der Waals surface area contributed by atoms with E-state index in [0.29, 0.717) is 24.3 Å². The second-order valence-corrected chi connectivity index (χ2v) is 8.92. The van der Waals surface area contributed by atoms with Crippen LogP contribution in [0.3, 0.4) is 0 Å². The van der Waals surface area contributed by atoms with Gasteiger partial charge in [0.25, 0.3) is 15.6 Å². The molecule has 1 aliphatic heterocycles. The van der Waals surface area contributed by atoms with Crippen molar-refractivity contribution in [3.05, 3.63) is 52.7 Å². The monoisotopic (exact) mass is 386 g/mol. The second-order valence-electron chi connectivity index (χ2n) is 7.04. The van der Waals surface area contributed by atoms with Crippen molar-refractivity contribution in [1.82, 2.24) is 18.3 Å². The Hall–Kier alpha value is -2.45. The van der Waals surface area contributed by atoms with Gasteiger partial charge in [0.15, 0.2) is 5.03 Å². The molecule has 0 aromatic carbocycles. The second kappa shape index (κ2) is 6.61. The molecule has 27 heavy (non-hydrogen) atoms. The van der Waals surface area contributed by atoms with Crippen molar-refractivity contribution < 1.29 is 8.42 Å². The van der Waals surface area contributed by atoms with Crippen molar-refractivity contribution in [3.8, 4) is 11.1 Å². The van der Waals surface area contributed by atoms with E-state index in [1.807, 2.05) is 12.1 Å². The molecule has 0 aliphatic carbocycles. The van der Waals surface area contributed by atoms with Gasteiger partial charge in [0, 0.05) is 38.1 Å². The maximum Gasteiger partial charge on any atom is 0.260 e. The third kappa shape index (κ3) is 3.08. The zero-order valence-corrected chi connectivity index (χ0v) is 16.2. The fraction of sp³-hybridized carbons (Fsp3) is 0.368. The molecule has 4 heterocycles. The predicted molar refractivity (Wildman–Crippen MR) is 103 cm³/mol. The Bertz CT molecular complexity index is 1150. The Morgan fingerprint density at radius 1 is 1.04 bits per heavy atom. The summed E-state index contributed by atoms with van der Waals surface area (Å²) >= 11 is 0. The zero-order chi connectivity index (χ0) is 19.2. The summed E-state index contributed by atoms with van der Waals surface area (Å²) in [5, 5.41) is 0.183. The molecule has 8 heteroatoms. The molecule has 142 valence electrons. The highest BCUT2D eigenvalue weighted by Crippen LogP contribution is 2.25. The van der Waals surface area contributed by atoms with E-state index in [1.54, 1.807) is 41.1 Å². The maximum absolute atomic E-state index is 13.1. The average Bonchev–Trinajstić information content (AvgIpc) is 3.10. The standard InChI is InChI=1S/C19H22N4O3S/c1-14-10-16(12-21(2)19(14)24)15-6-7-17-20-11-18(23(17)13-15)27(25,26)22-8-4-3-5-9-22/h6-7,10-13H,3-5,8-9H2,1-2H3. The van der Waals surface area contributed by atoms with Gasteiger partial charge < -0.3 is 4.57 Å². The van der Waals surface area contributed by atoms with E-state index in [-0.39, 0.29) is 10.6 Å². The van der Waals surface area contributed by atoms with E-state index in [1.165, 1.54) is 10.8 Å². The van der Waals surface area contributed by atoms with Crippen LogP contribution >= 0.6 is 0 Å². The fourth-order valence-corrected chi connectivity index (χ4v) is 5.18. The number of imidazole rings is 1. The summed E-state index contributed by atoms with van der Waals surface area (Å²) < 4.78 is 30.9. The third-order valence-corrected chi connectivity index (χ3v) is 6.96. The zero-order valence-electron chi connectivity index (χ0n) is 15.4. The van der Waals surface area contributed by atoms with Crippen LogP contribution in [0.15, 0.2) is 46.6 Å². The number of aryl methyl sites for hydroxylation is 2.